The summed E-state index contributed by atoms with van der Waals surface area (Å²) in [5, 5.41) is 15.8. The third-order valence-corrected chi connectivity index (χ3v) is 10.0. The number of nitrogens with zero attached hydrogens (tertiary/aromatic N) is 2. The van der Waals surface area contributed by atoms with Crippen molar-refractivity contribution >= 4 is 23.1 Å². The average molecular weight is 577 g/mol. The quantitative estimate of drug-likeness (QED) is 0.352. The fraction of sp³-hybridized carbons (Fsp3) is 0.417. The Morgan fingerprint density at radius 3 is 2.49 bits per heavy atom. The second-order valence-electron chi connectivity index (χ2n) is 12.7. The number of carboxylic acid groups (broad SMARTS) is 1. The van der Waals surface area contributed by atoms with Crippen LogP contribution in [0.4, 0.5) is 5.69 Å². The molecule has 3 aromatic rings. The molecule has 0 aromatic heterocycles. The lowest BCUT2D eigenvalue weighted by Crippen LogP contribution is -2.45. The molecule has 0 atom stereocenters. The second-order valence-corrected chi connectivity index (χ2v) is 12.7. The molecule has 7 heteroatoms. The first-order valence-corrected chi connectivity index (χ1v) is 16.1. The van der Waals surface area contributed by atoms with E-state index in [0.29, 0.717) is 17.7 Å². The third-order valence-electron chi connectivity index (χ3n) is 10.0. The average Bonchev–Trinajstić information content (AvgIpc) is 3.03. The highest BCUT2D eigenvalue weighted by Gasteiger charge is 2.36. The van der Waals surface area contributed by atoms with E-state index in [-0.39, 0.29) is 11.5 Å². The van der Waals surface area contributed by atoms with E-state index in [2.05, 4.69) is 26.9 Å². The van der Waals surface area contributed by atoms with Crippen LogP contribution in [0.25, 0.3) is 5.57 Å². The summed E-state index contributed by atoms with van der Waals surface area (Å²) in [6, 6.07) is 9.76. The Bertz CT molecular complexity index is 1850. The van der Waals surface area contributed by atoms with Crippen LogP contribution in [0.1, 0.15) is 93.1 Å². The summed E-state index contributed by atoms with van der Waals surface area (Å²) in [6.07, 6.45) is 9.16. The number of nitrogens with one attached hydrogen (secondary N) is 1. The lowest BCUT2D eigenvalue weighted by atomic mass is 9.81. The third kappa shape index (κ3) is 4.11. The van der Waals surface area contributed by atoms with Gasteiger partial charge in [-0.3, -0.25) is 4.79 Å². The van der Waals surface area contributed by atoms with E-state index < -0.39 is 5.97 Å². The van der Waals surface area contributed by atoms with Crippen molar-refractivity contribution in [3.05, 3.63) is 85.4 Å². The number of carboxylic acids is 1. The number of benzene rings is 3. The van der Waals surface area contributed by atoms with Crippen LogP contribution in [0.2, 0.25) is 0 Å². The molecule has 0 radical (unpaired) electrons. The molecule has 5 aliphatic rings. The van der Waals surface area contributed by atoms with Gasteiger partial charge in [0.05, 0.1) is 11.1 Å². The van der Waals surface area contributed by atoms with Gasteiger partial charge in [0.25, 0.3) is 5.91 Å². The first kappa shape index (κ1) is 26.5. The fourth-order valence-electron chi connectivity index (χ4n) is 8.22. The van der Waals surface area contributed by atoms with Gasteiger partial charge < -0.3 is 20.1 Å². The van der Waals surface area contributed by atoms with Gasteiger partial charge in [0, 0.05) is 71.2 Å². The number of ether oxygens (including phenoxy) is 1. The van der Waals surface area contributed by atoms with E-state index in [9.17, 15) is 14.7 Å². The van der Waals surface area contributed by atoms with Crippen LogP contribution < -0.4 is 30.1 Å². The molecular formula is C36H38N3O4+. The molecule has 43 heavy (non-hydrogen) atoms. The monoisotopic (exact) mass is 576 g/mol. The fourth-order valence-corrected chi connectivity index (χ4v) is 8.22. The Morgan fingerprint density at radius 2 is 1.67 bits per heavy atom. The summed E-state index contributed by atoms with van der Waals surface area (Å²) in [6.45, 7) is 6.84. The van der Waals surface area contributed by atoms with Gasteiger partial charge in [-0.2, -0.15) is 0 Å². The number of rotatable bonds is 5. The summed E-state index contributed by atoms with van der Waals surface area (Å²) < 4.78 is 9.62. The van der Waals surface area contributed by atoms with Crippen molar-refractivity contribution in [3.63, 3.8) is 0 Å². The van der Waals surface area contributed by atoms with Crippen LogP contribution in [-0.4, -0.2) is 49.7 Å². The molecule has 0 saturated heterocycles. The Labute approximate surface area is 251 Å². The Hall–Kier alpha value is -4.13. The van der Waals surface area contributed by atoms with Crippen LogP contribution in [0.5, 0.6) is 11.5 Å². The second kappa shape index (κ2) is 10.2. The number of hydrogen-bond donors (Lipinski definition) is 2. The minimum atomic E-state index is -1.03. The molecule has 2 N–H and O–H groups in total. The van der Waals surface area contributed by atoms with Crippen molar-refractivity contribution < 1.29 is 19.4 Å². The molecule has 0 aliphatic carbocycles. The van der Waals surface area contributed by atoms with Gasteiger partial charge in [0.2, 0.25) is 5.36 Å². The number of carbonyl (C=O) groups is 2. The van der Waals surface area contributed by atoms with E-state index >= 15 is 0 Å². The van der Waals surface area contributed by atoms with Crippen LogP contribution in [0.3, 0.4) is 0 Å². The van der Waals surface area contributed by atoms with Crippen molar-refractivity contribution in [2.75, 3.05) is 37.6 Å². The lowest BCUT2D eigenvalue weighted by molar-refractivity contribution is 0.0696. The topological polar surface area (TPSA) is 81.9 Å². The van der Waals surface area contributed by atoms with Crippen molar-refractivity contribution in [3.8, 4) is 11.5 Å². The summed E-state index contributed by atoms with van der Waals surface area (Å²) in [7, 11) is 0. The highest BCUT2D eigenvalue weighted by atomic mass is 16.5. The molecule has 0 spiro atoms. The predicted molar refractivity (Wildman–Crippen MR) is 166 cm³/mol. The molecule has 8 rings (SSSR count). The number of amides is 1. The number of anilines is 1. The smallest absolute Gasteiger partial charge is 0.336 e. The Morgan fingerprint density at radius 1 is 0.907 bits per heavy atom. The van der Waals surface area contributed by atoms with E-state index in [4.69, 9.17) is 4.74 Å². The molecule has 0 fully saturated rings. The van der Waals surface area contributed by atoms with Gasteiger partial charge in [-0.15, -0.1) is 0 Å². The highest BCUT2D eigenvalue weighted by molar-refractivity contribution is 6.03. The van der Waals surface area contributed by atoms with Crippen molar-refractivity contribution in [1.29, 1.82) is 0 Å². The van der Waals surface area contributed by atoms with Gasteiger partial charge in [-0.25, -0.2) is 9.37 Å². The van der Waals surface area contributed by atoms with Gasteiger partial charge in [0.1, 0.15) is 24.6 Å². The number of aryl methyl sites for hydroxylation is 2. The maximum absolute atomic E-state index is 12.9. The van der Waals surface area contributed by atoms with Crippen LogP contribution in [-0.2, 0) is 25.7 Å². The molecule has 5 aliphatic heterocycles. The van der Waals surface area contributed by atoms with Crippen LogP contribution in [0, 0.1) is 0 Å². The van der Waals surface area contributed by atoms with E-state index in [1.807, 2.05) is 13.0 Å². The molecule has 7 nitrogen and oxygen atoms in total. The van der Waals surface area contributed by atoms with Gasteiger partial charge in [-0.05, 0) is 80.3 Å². The van der Waals surface area contributed by atoms with Crippen LogP contribution >= 0.6 is 0 Å². The summed E-state index contributed by atoms with van der Waals surface area (Å²) in [5.74, 6) is 0.528. The highest BCUT2D eigenvalue weighted by Crippen LogP contribution is 2.48. The zero-order valence-corrected chi connectivity index (χ0v) is 24.9. The minimum Gasteiger partial charge on any atom is -0.478 e. The molecule has 220 valence electrons. The molecule has 0 saturated carbocycles. The molecule has 1 amide bonds. The van der Waals surface area contributed by atoms with Gasteiger partial charge in [-0.1, -0.05) is 13.0 Å². The number of hydrogen-bond acceptors (Lipinski definition) is 4. The number of carbonyl (C=O) groups excluding carboxylic acids is 1. The van der Waals surface area contributed by atoms with E-state index in [1.165, 1.54) is 33.3 Å². The summed E-state index contributed by atoms with van der Waals surface area (Å²) in [4.78, 5) is 28.3. The number of fused-ring (bicyclic) bond motifs is 4. The SMILES string of the molecule is CCCNC(=O)c1ccc(C2=c3cc4c5c(c3Oc3c2cc2c6c3CCCN6CCC2)CCC[N+]=5CCC4)c(C(=O)O)c1. The first-order valence-electron chi connectivity index (χ1n) is 16.1. The van der Waals surface area contributed by atoms with Crippen molar-refractivity contribution in [1.82, 2.24) is 9.89 Å². The summed E-state index contributed by atoms with van der Waals surface area (Å²) in [5.41, 5.74) is 9.64. The van der Waals surface area contributed by atoms with Crippen molar-refractivity contribution in [2.24, 2.45) is 0 Å². The van der Waals surface area contributed by atoms with Crippen LogP contribution in [0.15, 0.2) is 30.3 Å². The molecule has 3 aromatic carbocycles. The molecular weight excluding hydrogens is 538 g/mol. The van der Waals surface area contributed by atoms with E-state index in [1.54, 1.807) is 12.1 Å². The maximum Gasteiger partial charge on any atom is 0.336 e. The Kier molecular flexibility index (Phi) is 6.32. The minimum absolute atomic E-state index is 0.152. The van der Waals surface area contributed by atoms with Gasteiger partial charge in [0.15, 0.2) is 0 Å². The van der Waals surface area contributed by atoms with E-state index in [0.717, 1.165) is 112 Å². The zero-order valence-electron chi connectivity index (χ0n) is 24.9. The van der Waals surface area contributed by atoms with Gasteiger partial charge >= 0.3 is 5.97 Å². The summed E-state index contributed by atoms with van der Waals surface area (Å²) >= 11 is 0. The van der Waals surface area contributed by atoms with Crippen molar-refractivity contribution in [2.45, 2.75) is 64.7 Å². The lowest BCUT2D eigenvalue weighted by Gasteiger charge is -2.39. The zero-order chi connectivity index (χ0) is 29.2. The molecule has 0 bridgehead atoms. The Balaban J connectivity index is 1.46. The first-order chi connectivity index (χ1) is 21.0. The molecule has 5 heterocycles. The number of aromatic carboxylic acids is 1. The standard InChI is InChI=1S/C36H37N3O4/c1-2-13-37-35(40)23-11-12-24(27(20-23)36(41)42)30-28-18-21-7-3-14-38-16-5-9-25(31(21)38)33(28)43-34-26-10-6-17-39-15-4-8-22(32(26)39)19-29(30)34/h11-12,18-20H,2-10,13-17H2,1H3,(H-,37,40,41,42)/p+1. The predicted octanol–water partition coefficient (Wildman–Crippen LogP) is 3.96. The maximum atomic E-state index is 12.9. The normalized spacial score (nSPS) is 17.7. The molecule has 0 unspecified atom stereocenters. The largest absolute Gasteiger partial charge is 0.478 e.